The topological polar surface area (TPSA) is 24.9 Å². The lowest BCUT2D eigenvalue weighted by Crippen LogP contribution is -2.26. The number of hydrogen-bond donors (Lipinski definition) is 1. The Morgan fingerprint density at radius 2 is 2.47 bits per heavy atom. The Kier molecular flexibility index (Phi) is 7.05. The molecule has 0 aliphatic carbocycles. The van der Waals surface area contributed by atoms with E-state index in [1.54, 1.807) is 11.3 Å². The third-order valence-corrected chi connectivity index (χ3v) is 4.22. The fourth-order valence-electron chi connectivity index (χ4n) is 1.40. The first kappa shape index (κ1) is 13.0. The molecule has 0 spiro atoms. The first-order valence-electron chi connectivity index (χ1n) is 5.58. The molecule has 0 bridgehead atoms. The van der Waals surface area contributed by atoms with Crippen molar-refractivity contribution in [1.29, 1.82) is 0 Å². The minimum absolute atomic E-state index is 0.667. The van der Waals surface area contributed by atoms with Gasteiger partial charge < -0.3 is 5.32 Å². The van der Waals surface area contributed by atoms with Gasteiger partial charge in [-0.05, 0) is 26.3 Å². The molecule has 15 heavy (non-hydrogen) atoms. The molecule has 0 saturated heterocycles. The molecule has 1 rings (SSSR count). The minimum Gasteiger partial charge on any atom is -0.314 e. The standard InChI is InChI=1S/C11H20N2S2/c1-3-5-10(2)12-6-4-8-14-11-13-7-9-15-11/h7,9-10,12H,3-6,8H2,1-2H3. The summed E-state index contributed by atoms with van der Waals surface area (Å²) in [5.74, 6) is 1.17. The molecule has 0 fully saturated rings. The summed E-state index contributed by atoms with van der Waals surface area (Å²) < 4.78 is 1.19. The highest BCUT2D eigenvalue weighted by molar-refractivity contribution is 8.00. The predicted molar refractivity (Wildman–Crippen MR) is 69.8 cm³/mol. The van der Waals surface area contributed by atoms with Crippen LogP contribution in [0.2, 0.25) is 0 Å². The molecule has 1 heterocycles. The molecule has 0 amide bonds. The third kappa shape index (κ3) is 6.17. The van der Waals surface area contributed by atoms with Gasteiger partial charge in [-0.15, -0.1) is 11.3 Å². The molecular formula is C11H20N2S2. The zero-order valence-electron chi connectivity index (χ0n) is 9.53. The second-order valence-corrected chi connectivity index (χ2v) is 5.88. The van der Waals surface area contributed by atoms with Gasteiger partial charge in [0.15, 0.2) is 0 Å². The van der Waals surface area contributed by atoms with Crippen molar-refractivity contribution >= 4 is 23.1 Å². The summed E-state index contributed by atoms with van der Waals surface area (Å²) in [5.41, 5.74) is 0. The molecule has 4 heteroatoms. The number of rotatable bonds is 8. The van der Waals surface area contributed by atoms with Gasteiger partial charge in [0.1, 0.15) is 4.34 Å². The molecule has 1 aromatic rings. The van der Waals surface area contributed by atoms with Crippen molar-refractivity contribution in [3.8, 4) is 0 Å². The molecule has 0 saturated carbocycles. The highest BCUT2D eigenvalue weighted by Crippen LogP contribution is 2.20. The van der Waals surface area contributed by atoms with E-state index in [9.17, 15) is 0 Å². The molecule has 1 atom stereocenters. The molecule has 0 radical (unpaired) electrons. The van der Waals surface area contributed by atoms with Crippen LogP contribution in [0.25, 0.3) is 0 Å². The Bertz CT molecular complexity index is 237. The van der Waals surface area contributed by atoms with Crippen LogP contribution in [-0.2, 0) is 0 Å². The number of aromatic nitrogens is 1. The average Bonchev–Trinajstić information content (AvgIpc) is 2.70. The maximum absolute atomic E-state index is 4.24. The zero-order chi connectivity index (χ0) is 10.9. The molecule has 0 aliphatic heterocycles. The van der Waals surface area contributed by atoms with E-state index in [1.165, 1.54) is 29.4 Å². The van der Waals surface area contributed by atoms with Gasteiger partial charge in [-0.1, -0.05) is 25.1 Å². The number of nitrogens with one attached hydrogen (secondary N) is 1. The number of nitrogens with zero attached hydrogens (tertiary/aromatic N) is 1. The normalized spacial score (nSPS) is 12.9. The average molecular weight is 244 g/mol. The Morgan fingerprint density at radius 1 is 1.60 bits per heavy atom. The Balaban J connectivity index is 1.93. The van der Waals surface area contributed by atoms with E-state index in [2.05, 4.69) is 24.1 Å². The number of thiazole rings is 1. The monoisotopic (exact) mass is 244 g/mol. The van der Waals surface area contributed by atoms with Gasteiger partial charge in [0.25, 0.3) is 0 Å². The van der Waals surface area contributed by atoms with Crippen molar-refractivity contribution in [3.05, 3.63) is 11.6 Å². The number of hydrogen-bond acceptors (Lipinski definition) is 4. The Morgan fingerprint density at radius 3 is 3.13 bits per heavy atom. The van der Waals surface area contributed by atoms with Crippen LogP contribution in [0.5, 0.6) is 0 Å². The first-order valence-corrected chi connectivity index (χ1v) is 7.45. The summed E-state index contributed by atoms with van der Waals surface area (Å²) >= 11 is 3.59. The van der Waals surface area contributed by atoms with Crippen LogP contribution >= 0.6 is 23.1 Å². The van der Waals surface area contributed by atoms with Gasteiger partial charge in [0.2, 0.25) is 0 Å². The quantitative estimate of drug-likeness (QED) is 0.560. The molecule has 1 N–H and O–H groups in total. The summed E-state index contributed by atoms with van der Waals surface area (Å²) in [6.45, 7) is 5.62. The molecule has 1 aromatic heterocycles. The summed E-state index contributed by atoms with van der Waals surface area (Å²) in [5, 5.41) is 5.56. The van der Waals surface area contributed by atoms with Crippen molar-refractivity contribution in [2.24, 2.45) is 0 Å². The van der Waals surface area contributed by atoms with Gasteiger partial charge >= 0.3 is 0 Å². The molecular weight excluding hydrogens is 224 g/mol. The summed E-state index contributed by atoms with van der Waals surface area (Å²) in [7, 11) is 0. The van der Waals surface area contributed by atoms with Crippen molar-refractivity contribution in [2.75, 3.05) is 12.3 Å². The van der Waals surface area contributed by atoms with Crippen molar-refractivity contribution in [3.63, 3.8) is 0 Å². The maximum Gasteiger partial charge on any atom is 0.149 e. The van der Waals surface area contributed by atoms with Crippen molar-refractivity contribution in [1.82, 2.24) is 10.3 Å². The first-order chi connectivity index (χ1) is 7.33. The lowest BCUT2D eigenvalue weighted by Gasteiger charge is -2.11. The largest absolute Gasteiger partial charge is 0.314 e. The fourth-order valence-corrected chi connectivity index (χ4v) is 3.04. The summed E-state index contributed by atoms with van der Waals surface area (Å²) in [4.78, 5) is 4.24. The SMILES string of the molecule is CCCC(C)NCCCSc1nccs1. The van der Waals surface area contributed by atoms with Crippen LogP contribution < -0.4 is 5.32 Å². The van der Waals surface area contributed by atoms with Crippen LogP contribution in [0.15, 0.2) is 15.9 Å². The highest BCUT2D eigenvalue weighted by Gasteiger charge is 1.99. The van der Waals surface area contributed by atoms with Crippen LogP contribution in [-0.4, -0.2) is 23.3 Å². The second kappa shape index (κ2) is 8.13. The van der Waals surface area contributed by atoms with Gasteiger partial charge in [-0.25, -0.2) is 4.98 Å². The number of thioether (sulfide) groups is 1. The lowest BCUT2D eigenvalue weighted by atomic mass is 10.2. The van der Waals surface area contributed by atoms with E-state index in [0.717, 1.165) is 6.54 Å². The van der Waals surface area contributed by atoms with Crippen LogP contribution in [0, 0.1) is 0 Å². The van der Waals surface area contributed by atoms with Crippen LogP contribution in [0.1, 0.15) is 33.1 Å². The van der Waals surface area contributed by atoms with Crippen molar-refractivity contribution < 1.29 is 0 Å². The molecule has 1 unspecified atom stereocenters. The third-order valence-electron chi connectivity index (χ3n) is 2.17. The second-order valence-electron chi connectivity index (χ2n) is 3.64. The zero-order valence-corrected chi connectivity index (χ0v) is 11.2. The van der Waals surface area contributed by atoms with Crippen LogP contribution in [0.4, 0.5) is 0 Å². The molecule has 86 valence electrons. The van der Waals surface area contributed by atoms with E-state index >= 15 is 0 Å². The molecule has 0 aromatic carbocycles. The maximum atomic E-state index is 4.24. The van der Waals surface area contributed by atoms with E-state index in [0.29, 0.717) is 6.04 Å². The predicted octanol–water partition coefficient (Wildman–Crippen LogP) is 3.40. The molecule has 2 nitrogen and oxygen atoms in total. The fraction of sp³-hybridized carbons (Fsp3) is 0.727. The van der Waals surface area contributed by atoms with Crippen molar-refractivity contribution in [2.45, 2.75) is 43.5 Å². The molecule has 0 aliphatic rings. The van der Waals surface area contributed by atoms with Gasteiger partial charge in [0, 0.05) is 23.4 Å². The van der Waals surface area contributed by atoms with E-state index < -0.39 is 0 Å². The van der Waals surface area contributed by atoms with Crippen LogP contribution in [0.3, 0.4) is 0 Å². The van der Waals surface area contributed by atoms with Gasteiger partial charge in [-0.3, -0.25) is 0 Å². The Labute approximate surface area is 101 Å². The van der Waals surface area contributed by atoms with Gasteiger partial charge in [0.05, 0.1) is 0 Å². The highest BCUT2D eigenvalue weighted by atomic mass is 32.2. The summed E-state index contributed by atoms with van der Waals surface area (Å²) in [6.07, 6.45) is 5.63. The minimum atomic E-state index is 0.667. The van der Waals surface area contributed by atoms with E-state index in [1.807, 2.05) is 23.3 Å². The van der Waals surface area contributed by atoms with E-state index in [4.69, 9.17) is 0 Å². The van der Waals surface area contributed by atoms with E-state index in [-0.39, 0.29) is 0 Å². The van der Waals surface area contributed by atoms with Gasteiger partial charge in [-0.2, -0.15) is 0 Å². The smallest absolute Gasteiger partial charge is 0.149 e. The Hall–Kier alpha value is -0.0600. The lowest BCUT2D eigenvalue weighted by molar-refractivity contribution is 0.509. The summed E-state index contributed by atoms with van der Waals surface area (Å²) in [6, 6.07) is 0.667.